The van der Waals surface area contributed by atoms with E-state index in [1.165, 1.54) is 25.7 Å². The molecule has 3 heterocycles. The third-order valence-electron chi connectivity index (χ3n) is 5.57. The Kier molecular flexibility index (Phi) is 4.91. The van der Waals surface area contributed by atoms with Crippen LogP contribution in [0.3, 0.4) is 0 Å². The number of hydrogen-bond acceptors (Lipinski definition) is 4. The van der Waals surface area contributed by atoms with E-state index < -0.39 is 0 Å². The van der Waals surface area contributed by atoms with Gasteiger partial charge in [-0.25, -0.2) is 9.97 Å². The number of nitrogens with zero attached hydrogens (tertiary/aromatic N) is 5. The smallest absolute Gasteiger partial charge is 0.222 e. The SMILES string of the molecule is Cc1nc(N2CCN(C(=O)CC3CCCC3)CC2)cc(-n2cccc2)n1. The van der Waals surface area contributed by atoms with Crippen LogP contribution in [0.4, 0.5) is 5.82 Å². The van der Waals surface area contributed by atoms with Crippen molar-refractivity contribution in [3.63, 3.8) is 0 Å². The van der Waals surface area contributed by atoms with Crippen molar-refractivity contribution in [3.05, 3.63) is 36.4 Å². The van der Waals surface area contributed by atoms with E-state index in [0.717, 1.165) is 50.1 Å². The van der Waals surface area contributed by atoms with Gasteiger partial charge in [0.2, 0.25) is 5.91 Å². The maximum Gasteiger partial charge on any atom is 0.222 e. The summed E-state index contributed by atoms with van der Waals surface area (Å²) in [6, 6.07) is 6.01. The van der Waals surface area contributed by atoms with Crippen LogP contribution in [0.15, 0.2) is 30.6 Å². The highest BCUT2D eigenvalue weighted by Crippen LogP contribution is 2.28. The zero-order valence-corrected chi connectivity index (χ0v) is 15.5. The van der Waals surface area contributed by atoms with Gasteiger partial charge in [-0.3, -0.25) is 4.79 Å². The van der Waals surface area contributed by atoms with Crippen molar-refractivity contribution < 1.29 is 4.79 Å². The Morgan fingerprint density at radius 3 is 2.38 bits per heavy atom. The zero-order valence-electron chi connectivity index (χ0n) is 15.5. The van der Waals surface area contributed by atoms with Gasteiger partial charge in [-0.15, -0.1) is 0 Å². The van der Waals surface area contributed by atoms with Gasteiger partial charge in [0.25, 0.3) is 0 Å². The van der Waals surface area contributed by atoms with E-state index in [-0.39, 0.29) is 0 Å². The molecule has 0 bridgehead atoms. The minimum absolute atomic E-state index is 0.337. The van der Waals surface area contributed by atoms with Crippen LogP contribution in [0.1, 0.15) is 37.9 Å². The van der Waals surface area contributed by atoms with E-state index in [9.17, 15) is 4.79 Å². The van der Waals surface area contributed by atoms with Crippen LogP contribution < -0.4 is 4.90 Å². The van der Waals surface area contributed by atoms with Crippen molar-refractivity contribution >= 4 is 11.7 Å². The zero-order chi connectivity index (χ0) is 17.9. The second-order valence-corrected chi connectivity index (χ2v) is 7.44. The van der Waals surface area contributed by atoms with E-state index in [2.05, 4.69) is 14.9 Å². The normalized spacial score (nSPS) is 18.5. The van der Waals surface area contributed by atoms with Crippen molar-refractivity contribution in [3.8, 4) is 5.82 Å². The maximum absolute atomic E-state index is 12.5. The van der Waals surface area contributed by atoms with Crippen molar-refractivity contribution in [2.75, 3.05) is 31.1 Å². The molecule has 6 heteroatoms. The molecule has 26 heavy (non-hydrogen) atoms. The first kappa shape index (κ1) is 17.1. The summed E-state index contributed by atoms with van der Waals surface area (Å²) in [7, 11) is 0. The van der Waals surface area contributed by atoms with Crippen LogP contribution in [0.25, 0.3) is 5.82 Å². The second-order valence-electron chi connectivity index (χ2n) is 7.44. The lowest BCUT2D eigenvalue weighted by Crippen LogP contribution is -2.49. The Morgan fingerprint density at radius 2 is 1.69 bits per heavy atom. The maximum atomic E-state index is 12.5. The van der Waals surface area contributed by atoms with Gasteiger partial charge in [0.15, 0.2) is 0 Å². The molecule has 1 saturated heterocycles. The molecular weight excluding hydrogens is 326 g/mol. The summed E-state index contributed by atoms with van der Waals surface area (Å²) in [5.41, 5.74) is 0. The van der Waals surface area contributed by atoms with E-state index in [1.807, 2.05) is 47.0 Å². The fourth-order valence-electron chi connectivity index (χ4n) is 4.09. The van der Waals surface area contributed by atoms with Crippen LogP contribution in [-0.2, 0) is 4.79 Å². The topological polar surface area (TPSA) is 54.3 Å². The number of hydrogen-bond donors (Lipinski definition) is 0. The fourth-order valence-corrected chi connectivity index (χ4v) is 4.09. The monoisotopic (exact) mass is 353 g/mol. The summed E-state index contributed by atoms with van der Waals surface area (Å²) >= 11 is 0. The van der Waals surface area contributed by atoms with Gasteiger partial charge in [0.1, 0.15) is 17.5 Å². The second kappa shape index (κ2) is 7.48. The number of aryl methyl sites for hydroxylation is 1. The molecule has 2 aromatic rings. The summed E-state index contributed by atoms with van der Waals surface area (Å²) in [5, 5.41) is 0. The number of amides is 1. The van der Waals surface area contributed by atoms with Crippen LogP contribution in [0, 0.1) is 12.8 Å². The minimum Gasteiger partial charge on any atom is -0.353 e. The van der Waals surface area contributed by atoms with E-state index >= 15 is 0 Å². The lowest BCUT2D eigenvalue weighted by atomic mass is 10.0. The molecule has 2 aromatic heterocycles. The summed E-state index contributed by atoms with van der Waals surface area (Å²) in [6.07, 6.45) is 9.77. The molecule has 0 spiro atoms. The van der Waals surface area contributed by atoms with Gasteiger partial charge < -0.3 is 14.4 Å². The number of carbonyl (C=O) groups excluding carboxylic acids is 1. The fraction of sp³-hybridized carbons (Fsp3) is 0.550. The highest BCUT2D eigenvalue weighted by molar-refractivity contribution is 5.76. The molecule has 1 amide bonds. The van der Waals surface area contributed by atoms with Crippen LogP contribution in [0.5, 0.6) is 0 Å². The summed E-state index contributed by atoms with van der Waals surface area (Å²) in [6.45, 7) is 5.16. The molecule has 2 fully saturated rings. The van der Waals surface area contributed by atoms with Crippen LogP contribution >= 0.6 is 0 Å². The Labute approximate surface area is 154 Å². The highest BCUT2D eigenvalue weighted by Gasteiger charge is 2.25. The third kappa shape index (κ3) is 3.74. The number of piperazine rings is 1. The Balaban J connectivity index is 1.39. The molecule has 2 aliphatic rings. The Morgan fingerprint density at radius 1 is 1.04 bits per heavy atom. The molecule has 4 rings (SSSR count). The molecule has 0 aromatic carbocycles. The van der Waals surface area contributed by atoms with Crippen molar-refractivity contribution in [1.82, 2.24) is 19.4 Å². The predicted molar refractivity (Wildman–Crippen MR) is 101 cm³/mol. The molecule has 0 radical (unpaired) electrons. The number of carbonyl (C=O) groups is 1. The van der Waals surface area contributed by atoms with E-state index in [4.69, 9.17) is 0 Å². The van der Waals surface area contributed by atoms with Gasteiger partial charge in [0, 0.05) is 51.1 Å². The lowest BCUT2D eigenvalue weighted by Gasteiger charge is -2.36. The lowest BCUT2D eigenvalue weighted by molar-refractivity contribution is -0.132. The van der Waals surface area contributed by atoms with E-state index in [0.29, 0.717) is 11.8 Å². The average Bonchev–Trinajstić information content (AvgIpc) is 3.35. The first-order valence-corrected chi connectivity index (χ1v) is 9.71. The number of aromatic nitrogens is 3. The van der Waals surface area contributed by atoms with Crippen molar-refractivity contribution in [2.24, 2.45) is 5.92 Å². The van der Waals surface area contributed by atoms with Crippen molar-refractivity contribution in [1.29, 1.82) is 0 Å². The number of rotatable bonds is 4. The van der Waals surface area contributed by atoms with Gasteiger partial charge in [-0.1, -0.05) is 12.8 Å². The van der Waals surface area contributed by atoms with E-state index in [1.54, 1.807) is 0 Å². The predicted octanol–water partition coefficient (Wildman–Crippen LogP) is 2.80. The Bertz CT molecular complexity index is 744. The first-order valence-electron chi connectivity index (χ1n) is 9.71. The summed E-state index contributed by atoms with van der Waals surface area (Å²) < 4.78 is 2.00. The molecule has 1 saturated carbocycles. The molecule has 138 valence electrons. The average molecular weight is 353 g/mol. The highest BCUT2D eigenvalue weighted by atomic mass is 16.2. The van der Waals surface area contributed by atoms with Gasteiger partial charge >= 0.3 is 0 Å². The molecule has 1 aliphatic heterocycles. The quantitative estimate of drug-likeness (QED) is 0.848. The molecular formula is C20H27N5O. The standard InChI is InChI=1S/C20H27N5O/c1-16-21-18(23-8-4-5-9-23)15-19(22-16)24-10-12-25(13-11-24)20(26)14-17-6-2-3-7-17/h4-5,8-9,15,17H,2-3,6-7,10-14H2,1H3. The van der Waals surface area contributed by atoms with Gasteiger partial charge in [-0.05, 0) is 37.8 Å². The van der Waals surface area contributed by atoms with Gasteiger partial charge in [0.05, 0.1) is 0 Å². The number of anilines is 1. The molecule has 1 aliphatic carbocycles. The summed E-state index contributed by atoms with van der Waals surface area (Å²) in [5.74, 6) is 3.56. The van der Waals surface area contributed by atoms with Gasteiger partial charge in [-0.2, -0.15) is 0 Å². The first-order chi connectivity index (χ1) is 12.7. The largest absolute Gasteiger partial charge is 0.353 e. The summed E-state index contributed by atoms with van der Waals surface area (Å²) in [4.78, 5) is 26.0. The molecule has 0 N–H and O–H groups in total. The Hall–Kier alpha value is -2.37. The third-order valence-corrected chi connectivity index (χ3v) is 5.57. The van der Waals surface area contributed by atoms with Crippen LogP contribution in [-0.4, -0.2) is 51.5 Å². The minimum atomic E-state index is 0.337. The molecule has 0 atom stereocenters. The van der Waals surface area contributed by atoms with Crippen LogP contribution in [0.2, 0.25) is 0 Å². The molecule has 0 unspecified atom stereocenters. The molecule has 6 nitrogen and oxygen atoms in total. The van der Waals surface area contributed by atoms with Crippen molar-refractivity contribution in [2.45, 2.75) is 39.0 Å².